The van der Waals surface area contributed by atoms with E-state index in [-0.39, 0.29) is 6.04 Å². The van der Waals surface area contributed by atoms with Gasteiger partial charge in [0.1, 0.15) is 6.04 Å². The van der Waals surface area contributed by atoms with E-state index in [0.717, 1.165) is 29.5 Å². The Hall–Kier alpha value is -2.62. The molecule has 0 aliphatic carbocycles. The fourth-order valence-electron chi connectivity index (χ4n) is 3.33. The van der Waals surface area contributed by atoms with Crippen LogP contribution in [0.2, 0.25) is 0 Å². The van der Waals surface area contributed by atoms with Gasteiger partial charge in [-0.15, -0.1) is 10.2 Å². The molecular formula is C22H26N5S+. The zero-order valence-electron chi connectivity index (χ0n) is 16.6. The SMILES string of the molecule is CC[C@H](c1nnc(SCc2ccccc2C#N)n1Cc1ccccc1)[NH+](C)C. The Labute approximate surface area is 171 Å². The van der Waals surface area contributed by atoms with Crippen LogP contribution in [0, 0.1) is 11.3 Å². The highest BCUT2D eigenvalue weighted by Crippen LogP contribution is 2.26. The van der Waals surface area contributed by atoms with Crippen molar-refractivity contribution in [3.8, 4) is 6.07 Å². The highest BCUT2D eigenvalue weighted by Gasteiger charge is 2.25. The fourth-order valence-corrected chi connectivity index (χ4v) is 4.27. The van der Waals surface area contributed by atoms with E-state index in [9.17, 15) is 5.26 Å². The number of hydrogen-bond donors (Lipinski definition) is 1. The molecule has 2 aromatic carbocycles. The molecule has 0 aliphatic rings. The summed E-state index contributed by atoms with van der Waals surface area (Å²) in [6.45, 7) is 2.93. The molecule has 0 radical (unpaired) electrons. The van der Waals surface area contributed by atoms with Gasteiger partial charge in [-0.25, -0.2) is 0 Å². The van der Waals surface area contributed by atoms with Crippen molar-refractivity contribution in [2.24, 2.45) is 0 Å². The number of nitrogens with zero attached hydrogens (tertiary/aromatic N) is 4. The molecule has 3 rings (SSSR count). The molecule has 1 heterocycles. The van der Waals surface area contributed by atoms with Crippen LogP contribution in [0.25, 0.3) is 0 Å². The summed E-state index contributed by atoms with van der Waals surface area (Å²) in [6, 6.07) is 20.7. The van der Waals surface area contributed by atoms with E-state index in [1.54, 1.807) is 11.8 Å². The van der Waals surface area contributed by atoms with Gasteiger partial charge in [-0.3, -0.25) is 4.57 Å². The maximum Gasteiger partial charge on any atom is 0.192 e. The Morgan fingerprint density at radius 1 is 1.07 bits per heavy atom. The van der Waals surface area contributed by atoms with Crippen LogP contribution in [0.15, 0.2) is 59.8 Å². The van der Waals surface area contributed by atoms with Gasteiger partial charge in [0.15, 0.2) is 11.0 Å². The third kappa shape index (κ3) is 4.61. The van der Waals surface area contributed by atoms with Gasteiger partial charge in [0, 0.05) is 12.2 Å². The van der Waals surface area contributed by atoms with Crippen LogP contribution in [0.5, 0.6) is 0 Å². The summed E-state index contributed by atoms with van der Waals surface area (Å²) in [5, 5.41) is 19.3. The van der Waals surface area contributed by atoms with Gasteiger partial charge in [-0.1, -0.05) is 67.2 Å². The Kier molecular flexibility index (Phi) is 6.85. The van der Waals surface area contributed by atoms with E-state index >= 15 is 0 Å². The average Bonchev–Trinajstić information content (AvgIpc) is 3.10. The van der Waals surface area contributed by atoms with Gasteiger partial charge in [0.2, 0.25) is 0 Å². The van der Waals surface area contributed by atoms with Crippen LogP contribution < -0.4 is 4.90 Å². The second kappa shape index (κ2) is 9.54. The summed E-state index contributed by atoms with van der Waals surface area (Å²) in [7, 11) is 4.32. The van der Waals surface area contributed by atoms with Gasteiger partial charge in [0.25, 0.3) is 0 Å². The number of nitriles is 1. The molecule has 0 spiro atoms. The minimum atomic E-state index is 0.289. The number of aromatic nitrogens is 3. The molecule has 3 aromatic rings. The van der Waals surface area contributed by atoms with Crippen molar-refractivity contribution in [3.63, 3.8) is 0 Å². The van der Waals surface area contributed by atoms with E-state index in [1.165, 1.54) is 10.5 Å². The Morgan fingerprint density at radius 3 is 2.46 bits per heavy atom. The maximum atomic E-state index is 9.34. The monoisotopic (exact) mass is 392 g/mol. The van der Waals surface area contributed by atoms with Crippen LogP contribution in [-0.4, -0.2) is 28.9 Å². The van der Waals surface area contributed by atoms with Crippen molar-refractivity contribution in [2.75, 3.05) is 14.1 Å². The molecule has 0 fully saturated rings. The summed E-state index contributed by atoms with van der Waals surface area (Å²) in [5.74, 6) is 1.71. The number of hydrogen-bond acceptors (Lipinski definition) is 4. The molecule has 0 unspecified atom stereocenters. The number of quaternary nitrogens is 1. The van der Waals surface area contributed by atoms with E-state index in [4.69, 9.17) is 0 Å². The van der Waals surface area contributed by atoms with E-state index in [2.05, 4.69) is 66.1 Å². The van der Waals surface area contributed by atoms with Crippen molar-refractivity contribution < 1.29 is 4.90 Å². The molecule has 0 bridgehead atoms. The predicted molar refractivity (Wildman–Crippen MR) is 112 cm³/mol. The normalized spacial score (nSPS) is 12.1. The first-order valence-corrected chi connectivity index (χ1v) is 10.5. The zero-order chi connectivity index (χ0) is 19.9. The summed E-state index contributed by atoms with van der Waals surface area (Å²) in [6.07, 6.45) is 0.997. The lowest BCUT2D eigenvalue weighted by molar-refractivity contribution is -0.893. The number of benzene rings is 2. The lowest BCUT2D eigenvalue weighted by atomic mass is 10.1. The van der Waals surface area contributed by atoms with Crippen LogP contribution in [-0.2, 0) is 12.3 Å². The van der Waals surface area contributed by atoms with Gasteiger partial charge in [0.05, 0.1) is 32.3 Å². The second-order valence-electron chi connectivity index (χ2n) is 7.01. The third-order valence-corrected chi connectivity index (χ3v) is 5.86. The van der Waals surface area contributed by atoms with Crippen LogP contribution in [0.4, 0.5) is 0 Å². The summed E-state index contributed by atoms with van der Waals surface area (Å²) in [5.41, 5.74) is 2.97. The molecule has 0 saturated heterocycles. The molecule has 1 aromatic heterocycles. The highest BCUT2D eigenvalue weighted by atomic mass is 32.2. The first-order chi connectivity index (χ1) is 13.6. The third-order valence-electron chi connectivity index (χ3n) is 4.84. The maximum absolute atomic E-state index is 9.34. The van der Waals surface area contributed by atoms with E-state index < -0.39 is 0 Å². The molecule has 5 nitrogen and oxygen atoms in total. The highest BCUT2D eigenvalue weighted by molar-refractivity contribution is 7.98. The smallest absolute Gasteiger partial charge is 0.192 e. The predicted octanol–water partition coefficient (Wildman–Crippen LogP) is 3.09. The molecule has 0 amide bonds. The van der Waals surface area contributed by atoms with E-state index in [0.29, 0.717) is 11.3 Å². The first-order valence-electron chi connectivity index (χ1n) is 9.51. The Bertz CT molecular complexity index is 943. The van der Waals surface area contributed by atoms with Gasteiger partial charge >= 0.3 is 0 Å². The molecule has 0 saturated carbocycles. The summed E-state index contributed by atoms with van der Waals surface area (Å²) in [4.78, 5) is 1.34. The van der Waals surface area contributed by atoms with Gasteiger partial charge in [-0.2, -0.15) is 5.26 Å². The minimum absolute atomic E-state index is 0.289. The minimum Gasteiger partial charge on any atom is -0.331 e. The zero-order valence-corrected chi connectivity index (χ0v) is 17.4. The van der Waals surface area contributed by atoms with Crippen molar-refractivity contribution in [2.45, 2.75) is 36.8 Å². The van der Waals surface area contributed by atoms with Crippen molar-refractivity contribution in [1.82, 2.24) is 14.8 Å². The molecule has 6 heteroatoms. The molecule has 28 heavy (non-hydrogen) atoms. The Morgan fingerprint density at radius 2 is 1.79 bits per heavy atom. The average molecular weight is 393 g/mol. The second-order valence-corrected chi connectivity index (χ2v) is 7.95. The Balaban J connectivity index is 1.91. The van der Waals surface area contributed by atoms with Gasteiger partial charge < -0.3 is 4.90 Å². The van der Waals surface area contributed by atoms with Crippen molar-refractivity contribution in [3.05, 3.63) is 77.1 Å². The van der Waals surface area contributed by atoms with Crippen LogP contribution >= 0.6 is 11.8 Å². The summed E-state index contributed by atoms with van der Waals surface area (Å²) >= 11 is 1.64. The fraction of sp³-hybridized carbons (Fsp3) is 0.318. The number of thioether (sulfide) groups is 1. The summed E-state index contributed by atoms with van der Waals surface area (Å²) < 4.78 is 2.23. The van der Waals surface area contributed by atoms with Crippen molar-refractivity contribution in [1.29, 1.82) is 5.26 Å². The number of rotatable bonds is 8. The topological polar surface area (TPSA) is 58.9 Å². The lowest BCUT2D eigenvalue weighted by Crippen LogP contribution is -3.06. The number of nitrogens with one attached hydrogen (secondary N) is 1. The molecular weight excluding hydrogens is 366 g/mol. The van der Waals surface area contributed by atoms with Gasteiger partial charge in [-0.05, 0) is 17.2 Å². The largest absolute Gasteiger partial charge is 0.331 e. The molecule has 0 aliphatic heterocycles. The lowest BCUT2D eigenvalue weighted by Gasteiger charge is -2.20. The molecule has 1 atom stereocenters. The standard InChI is InChI=1S/C22H25N5S/c1-4-20(26(2)3)21-24-25-22(27(21)15-17-10-6-5-7-11-17)28-16-19-13-9-8-12-18(19)14-23/h5-13,20H,4,15-16H2,1-3H3/p+1/t20-/m1/s1. The molecule has 1 N–H and O–H groups in total. The molecule has 144 valence electrons. The van der Waals surface area contributed by atoms with Crippen LogP contribution in [0.1, 0.15) is 41.9 Å². The van der Waals surface area contributed by atoms with Crippen molar-refractivity contribution >= 4 is 11.8 Å². The quantitative estimate of drug-likeness (QED) is 0.599. The first kappa shape index (κ1) is 20.1. The van der Waals surface area contributed by atoms with Crippen LogP contribution in [0.3, 0.4) is 0 Å². The van der Waals surface area contributed by atoms with E-state index in [1.807, 2.05) is 30.3 Å².